The summed E-state index contributed by atoms with van der Waals surface area (Å²) in [4.78, 5) is 28.0. The van der Waals surface area contributed by atoms with Crippen molar-refractivity contribution < 1.29 is 14.3 Å². The second-order valence-electron chi connectivity index (χ2n) is 5.18. The van der Waals surface area contributed by atoms with Crippen molar-refractivity contribution in [3.63, 3.8) is 0 Å². The van der Waals surface area contributed by atoms with Gasteiger partial charge in [-0.1, -0.05) is 0 Å². The number of nitrogens with one attached hydrogen (secondary N) is 1. The molecule has 1 fully saturated rings. The van der Waals surface area contributed by atoms with Crippen molar-refractivity contribution in [2.24, 2.45) is 0 Å². The average Bonchev–Trinajstić information content (AvgIpc) is 2.53. The van der Waals surface area contributed by atoms with Gasteiger partial charge in [-0.3, -0.25) is 9.59 Å². The zero-order chi connectivity index (χ0) is 15.4. The summed E-state index contributed by atoms with van der Waals surface area (Å²) < 4.78 is 5.09. The molecule has 1 N–H and O–H groups in total. The molecule has 2 rings (SSSR count). The van der Waals surface area contributed by atoms with Crippen LogP contribution in [0.15, 0.2) is 24.3 Å². The summed E-state index contributed by atoms with van der Waals surface area (Å²) in [5.41, 5.74) is 0.564. The van der Waals surface area contributed by atoms with Crippen LogP contribution in [0.2, 0.25) is 0 Å². The average molecular weight is 291 g/mol. The van der Waals surface area contributed by atoms with Gasteiger partial charge in [0.1, 0.15) is 11.8 Å². The van der Waals surface area contributed by atoms with Crippen molar-refractivity contribution in [1.29, 1.82) is 0 Å². The molecule has 1 unspecified atom stereocenters. The van der Waals surface area contributed by atoms with Crippen LogP contribution in [0.4, 0.5) is 0 Å². The summed E-state index contributed by atoms with van der Waals surface area (Å²) >= 11 is 0. The predicted octanol–water partition coefficient (Wildman–Crippen LogP) is 0.197. The molecule has 1 saturated heterocycles. The number of ether oxygens (including phenoxy) is 1. The zero-order valence-electron chi connectivity index (χ0n) is 12.6. The Balaban J connectivity index is 2.19. The molecule has 114 valence electrons. The number of likely N-dealkylation sites (N-methyl/N-ethyl adjacent to an activating group) is 1. The molecule has 1 aromatic carbocycles. The minimum Gasteiger partial charge on any atom is -0.497 e. The lowest BCUT2D eigenvalue weighted by atomic mass is 10.1. The molecule has 1 heterocycles. The maximum Gasteiger partial charge on any atom is 0.254 e. The van der Waals surface area contributed by atoms with Crippen molar-refractivity contribution in [2.75, 3.05) is 40.8 Å². The van der Waals surface area contributed by atoms with E-state index >= 15 is 0 Å². The van der Waals surface area contributed by atoms with Gasteiger partial charge in [0.05, 0.1) is 7.11 Å². The summed E-state index contributed by atoms with van der Waals surface area (Å²) in [6.07, 6.45) is 0. The van der Waals surface area contributed by atoms with Crippen LogP contribution in [0, 0.1) is 0 Å². The minimum atomic E-state index is -0.455. The van der Waals surface area contributed by atoms with Crippen LogP contribution in [-0.4, -0.2) is 68.5 Å². The van der Waals surface area contributed by atoms with E-state index in [0.717, 1.165) is 0 Å². The summed E-state index contributed by atoms with van der Waals surface area (Å²) in [6, 6.07) is 6.49. The van der Waals surface area contributed by atoms with Gasteiger partial charge in [-0.05, 0) is 24.3 Å². The molecule has 21 heavy (non-hydrogen) atoms. The molecular weight excluding hydrogens is 270 g/mol. The number of hydrogen-bond acceptors (Lipinski definition) is 4. The molecule has 1 aliphatic heterocycles. The van der Waals surface area contributed by atoms with Crippen LogP contribution in [0.5, 0.6) is 5.75 Å². The Morgan fingerprint density at radius 1 is 1.29 bits per heavy atom. The number of rotatable bonds is 3. The Hall–Kier alpha value is -2.08. The van der Waals surface area contributed by atoms with Gasteiger partial charge in [0.2, 0.25) is 5.91 Å². The molecule has 1 aliphatic rings. The summed E-state index contributed by atoms with van der Waals surface area (Å²) in [5.74, 6) is 0.510. The molecule has 6 nitrogen and oxygen atoms in total. The molecule has 0 bridgehead atoms. The van der Waals surface area contributed by atoms with Gasteiger partial charge < -0.3 is 19.9 Å². The first kappa shape index (κ1) is 15.3. The number of methoxy groups -OCH3 is 1. The molecule has 0 radical (unpaired) electrons. The lowest BCUT2D eigenvalue weighted by molar-refractivity contribution is -0.134. The number of carbonyl (C=O) groups is 2. The molecule has 0 spiro atoms. The normalized spacial score (nSPS) is 18.2. The highest BCUT2D eigenvalue weighted by atomic mass is 16.5. The van der Waals surface area contributed by atoms with Crippen LogP contribution in [0.1, 0.15) is 10.4 Å². The van der Waals surface area contributed by atoms with Crippen molar-refractivity contribution in [3.8, 4) is 5.75 Å². The van der Waals surface area contributed by atoms with E-state index in [9.17, 15) is 9.59 Å². The first-order chi connectivity index (χ1) is 10.0. The van der Waals surface area contributed by atoms with Crippen LogP contribution in [0.3, 0.4) is 0 Å². The van der Waals surface area contributed by atoms with Gasteiger partial charge >= 0.3 is 0 Å². The smallest absolute Gasteiger partial charge is 0.254 e. The van der Waals surface area contributed by atoms with Crippen molar-refractivity contribution in [1.82, 2.24) is 15.1 Å². The topological polar surface area (TPSA) is 61.9 Å². The van der Waals surface area contributed by atoms with E-state index in [1.54, 1.807) is 50.4 Å². The quantitative estimate of drug-likeness (QED) is 0.864. The van der Waals surface area contributed by atoms with E-state index in [0.29, 0.717) is 30.9 Å². The van der Waals surface area contributed by atoms with Crippen LogP contribution in [0.25, 0.3) is 0 Å². The summed E-state index contributed by atoms with van der Waals surface area (Å²) in [7, 11) is 4.98. The van der Waals surface area contributed by atoms with Gasteiger partial charge in [-0.25, -0.2) is 0 Å². The maximum absolute atomic E-state index is 12.6. The van der Waals surface area contributed by atoms with Crippen LogP contribution >= 0.6 is 0 Å². The standard InChI is InChI=1S/C15H21N3O3/c1-17(2)15(20)13-10-16-8-9-18(13)14(19)11-4-6-12(21-3)7-5-11/h4-7,13,16H,8-10H2,1-3H3. The lowest BCUT2D eigenvalue weighted by Crippen LogP contribution is -2.59. The lowest BCUT2D eigenvalue weighted by Gasteiger charge is -2.36. The molecule has 0 aliphatic carbocycles. The molecule has 1 atom stereocenters. The highest BCUT2D eigenvalue weighted by Crippen LogP contribution is 2.16. The second-order valence-corrected chi connectivity index (χ2v) is 5.18. The Morgan fingerprint density at radius 2 is 1.95 bits per heavy atom. The molecule has 1 aromatic rings. The van der Waals surface area contributed by atoms with Crippen molar-refractivity contribution in [3.05, 3.63) is 29.8 Å². The molecule has 6 heteroatoms. The first-order valence-corrected chi connectivity index (χ1v) is 6.91. The van der Waals surface area contributed by atoms with Gasteiger partial charge in [0.25, 0.3) is 5.91 Å². The summed E-state index contributed by atoms with van der Waals surface area (Å²) in [6.45, 7) is 1.70. The Morgan fingerprint density at radius 3 is 2.52 bits per heavy atom. The first-order valence-electron chi connectivity index (χ1n) is 6.91. The van der Waals surface area contributed by atoms with Gasteiger partial charge in [0.15, 0.2) is 0 Å². The Kier molecular flexibility index (Phi) is 4.80. The van der Waals surface area contributed by atoms with E-state index in [1.807, 2.05) is 0 Å². The van der Waals surface area contributed by atoms with E-state index < -0.39 is 6.04 Å². The Bertz CT molecular complexity index is 513. The van der Waals surface area contributed by atoms with Gasteiger partial charge in [-0.2, -0.15) is 0 Å². The largest absolute Gasteiger partial charge is 0.497 e. The number of hydrogen-bond donors (Lipinski definition) is 1. The van der Waals surface area contributed by atoms with E-state index in [2.05, 4.69) is 5.32 Å². The SMILES string of the molecule is COc1ccc(C(=O)N2CCNCC2C(=O)N(C)C)cc1. The maximum atomic E-state index is 12.6. The molecule has 0 saturated carbocycles. The number of piperazine rings is 1. The third-order valence-corrected chi connectivity index (χ3v) is 3.57. The number of nitrogens with zero attached hydrogens (tertiary/aromatic N) is 2. The highest BCUT2D eigenvalue weighted by Gasteiger charge is 2.33. The fraction of sp³-hybridized carbons (Fsp3) is 0.467. The third kappa shape index (κ3) is 3.33. The van der Waals surface area contributed by atoms with Gasteiger partial charge in [-0.15, -0.1) is 0 Å². The van der Waals surface area contributed by atoms with E-state index in [4.69, 9.17) is 4.74 Å². The fourth-order valence-electron chi connectivity index (χ4n) is 2.37. The van der Waals surface area contributed by atoms with E-state index in [-0.39, 0.29) is 11.8 Å². The van der Waals surface area contributed by atoms with E-state index in [1.165, 1.54) is 4.90 Å². The number of amides is 2. The zero-order valence-corrected chi connectivity index (χ0v) is 12.6. The monoisotopic (exact) mass is 291 g/mol. The fourth-order valence-corrected chi connectivity index (χ4v) is 2.37. The van der Waals surface area contributed by atoms with Crippen molar-refractivity contribution >= 4 is 11.8 Å². The highest BCUT2D eigenvalue weighted by molar-refractivity contribution is 5.97. The van der Waals surface area contributed by atoms with Crippen LogP contribution in [-0.2, 0) is 4.79 Å². The van der Waals surface area contributed by atoms with Crippen LogP contribution < -0.4 is 10.1 Å². The minimum absolute atomic E-state index is 0.0657. The second kappa shape index (κ2) is 6.58. The summed E-state index contributed by atoms with van der Waals surface area (Å²) in [5, 5.41) is 3.16. The molecular formula is C15H21N3O3. The van der Waals surface area contributed by atoms with Crippen molar-refractivity contribution in [2.45, 2.75) is 6.04 Å². The molecule has 2 amide bonds. The number of carbonyl (C=O) groups excluding carboxylic acids is 2. The molecule has 0 aromatic heterocycles. The predicted molar refractivity (Wildman–Crippen MR) is 79.4 cm³/mol. The van der Waals surface area contributed by atoms with Gasteiger partial charge in [0, 0.05) is 39.3 Å². The Labute approximate surface area is 124 Å². The third-order valence-electron chi connectivity index (χ3n) is 3.57. The number of benzene rings is 1.